The number of aliphatic hydroxyl groups excluding tert-OH is 1. The minimum absolute atomic E-state index is 0.0485. The van der Waals surface area contributed by atoms with E-state index in [9.17, 15) is 0 Å². The van der Waals surface area contributed by atoms with Gasteiger partial charge in [0.1, 0.15) is 0 Å². The van der Waals surface area contributed by atoms with E-state index in [2.05, 4.69) is 15.3 Å². The van der Waals surface area contributed by atoms with E-state index in [1.165, 1.54) is 12.4 Å². The first-order chi connectivity index (χ1) is 5.34. The molecule has 1 heterocycles. The lowest BCUT2D eigenvalue weighted by Crippen LogP contribution is -2.07. The summed E-state index contributed by atoms with van der Waals surface area (Å²) in [5.74, 6) is 0.503. The standard InChI is InChI=1S/C6H8ClN3O/c7-5-6(10-3-4-11)9-2-1-8-5/h1-2,11H,3-4H2,(H,9,10). The molecule has 0 amide bonds. The van der Waals surface area contributed by atoms with E-state index in [4.69, 9.17) is 16.7 Å². The Morgan fingerprint density at radius 3 is 2.82 bits per heavy atom. The van der Waals surface area contributed by atoms with Gasteiger partial charge in [-0.25, -0.2) is 9.97 Å². The summed E-state index contributed by atoms with van der Waals surface area (Å²) in [7, 11) is 0. The maximum Gasteiger partial charge on any atom is 0.171 e. The van der Waals surface area contributed by atoms with Crippen LogP contribution in [0, 0.1) is 0 Å². The molecule has 5 heteroatoms. The van der Waals surface area contributed by atoms with E-state index in [1.807, 2.05) is 0 Å². The molecule has 2 N–H and O–H groups in total. The maximum atomic E-state index is 8.46. The van der Waals surface area contributed by atoms with Crippen LogP contribution in [0.4, 0.5) is 5.82 Å². The Labute approximate surface area is 69.2 Å². The van der Waals surface area contributed by atoms with Gasteiger partial charge >= 0.3 is 0 Å². The number of hydrogen-bond acceptors (Lipinski definition) is 4. The van der Waals surface area contributed by atoms with Gasteiger partial charge in [-0.3, -0.25) is 0 Å². The van der Waals surface area contributed by atoms with Gasteiger partial charge in [0.15, 0.2) is 11.0 Å². The van der Waals surface area contributed by atoms with Crippen LogP contribution in [0.5, 0.6) is 0 Å². The van der Waals surface area contributed by atoms with Crippen molar-refractivity contribution in [1.82, 2.24) is 9.97 Å². The third kappa shape index (κ3) is 2.32. The Balaban J connectivity index is 2.62. The number of aromatic nitrogens is 2. The Morgan fingerprint density at radius 2 is 2.18 bits per heavy atom. The summed E-state index contributed by atoms with van der Waals surface area (Å²) in [5, 5.41) is 11.6. The number of anilines is 1. The summed E-state index contributed by atoms with van der Waals surface area (Å²) in [4.78, 5) is 7.69. The molecule has 0 aromatic carbocycles. The summed E-state index contributed by atoms with van der Waals surface area (Å²) in [6, 6.07) is 0. The van der Waals surface area contributed by atoms with Crippen molar-refractivity contribution in [3.63, 3.8) is 0 Å². The quantitative estimate of drug-likeness (QED) is 0.701. The first-order valence-corrected chi connectivity index (χ1v) is 3.53. The lowest BCUT2D eigenvalue weighted by Gasteiger charge is -2.02. The van der Waals surface area contributed by atoms with Crippen LogP contribution in [0.2, 0.25) is 5.15 Å². The second kappa shape index (κ2) is 4.10. The van der Waals surface area contributed by atoms with Crippen LogP contribution in [0.15, 0.2) is 12.4 Å². The number of halogens is 1. The normalized spacial score (nSPS) is 9.64. The Hall–Kier alpha value is -0.870. The number of aliphatic hydroxyl groups is 1. The third-order valence-electron chi connectivity index (χ3n) is 1.06. The average molecular weight is 174 g/mol. The van der Waals surface area contributed by atoms with Gasteiger partial charge < -0.3 is 10.4 Å². The summed E-state index contributed by atoms with van der Waals surface area (Å²) < 4.78 is 0. The van der Waals surface area contributed by atoms with Crippen molar-refractivity contribution in [2.45, 2.75) is 0 Å². The Morgan fingerprint density at radius 1 is 1.45 bits per heavy atom. The minimum atomic E-state index is 0.0485. The lowest BCUT2D eigenvalue weighted by atomic mass is 10.6. The van der Waals surface area contributed by atoms with Crippen molar-refractivity contribution in [3.05, 3.63) is 17.5 Å². The molecule has 4 nitrogen and oxygen atoms in total. The highest BCUT2D eigenvalue weighted by Gasteiger charge is 1.98. The van der Waals surface area contributed by atoms with Crippen LogP contribution in [-0.4, -0.2) is 28.2 Å². The molecule has 1 aromatic rings. The van der Waals surface area contributed by atoms with Gasteiger partial charge in [0.05, 0.1) is 6.61 Å². The molecule has 60 valence electrons. The first-order valence-electron chi connectivity index (χ1n) is 3.16. The van der Waals surface area contributed by atoms with Gasteiger partial charge in [0.25, 0.3) is 0 Å². The molecule has 0 fully saturated rings. The number of hydrogen-bond donors (Lipinski definition) is 2. The second-order valence-electron chi connectivity index (χ2n) is 1.85. The lowest BCUT2D eigenvalue weighted by molar-refractivity contribution is 0.311. The summed E-state index contributed by atoms with van der Waals surface area (Å²) >= 11 is 5.64. The van der Waals surface area contributed by atoms with Crippen molar-refractivity contribution < 1.29 is 5.11 Å². The SMILES string of the molecule is OCCNc1nccnc1Cl. The fourth-order valence-corrected chi connectivity index (χ4v) is 0.786. The van der Waals surface area contributed by atoms with Crippen LogP contribution in [-0.2, 0) is 0 Å². The fourth-order valence-electron chi connectivity index (χ4n) is 0.614. The van der Waals surface area contributed by atoms with Crippen molar-refractivity contribution in [2.75, 3.05) is 18.5 Å². The molecule has 0 unspecified atom stereocenters. The van der Waals surface area contributed by atoms with E-state index in [-0.39, 0.29) is 6.61 Å². The molecule has 0 radical (unpaired) electrons. The number of nitrogens with one attached hydrogen (secondary N) is 1. The van der Waals surface area contributed by atoms with Gasteiger partial charge in [-0.15, -0.1) is 0 Å². The van der Waals surface area contributed by atoms with Crippen LogP contribution in [0.1, 0.15) is 0 Å². The fraction of sp³-hybridized carbons (Fsp3) is 0.333. The van der Waals surface area contributed by atoms with E-state index < -0.39 is 0 Å². The minimum Gasteiger partial charge on any atom is -0.395 e. The second-order valence-corrected chi connectivity index (χ2v) is 2.20. The number of nitrogens with zero attached hydrogens (tertiary/aromatic N) is 2. The topological polar surface area (TPSA) is 58.0 Å². The van der Waals surface area contributed by atoms with Gasteiger partial charge in [-0.2, -0.15) is 0 Å². The zero-order valence-corrected chi connectivity index (χ0v) is 6.54. The predicted octanol–water partition coefficient (Wildman–Crippen LogP) is 0.534. The summed E-state index contributed by atoms with van der Waals surface area (Å²) in [5.41, 5.74) is 0. The third-order valence-corrected chi connectivity index (χ3v) is 1.33. The molecule has 0 atom stereocenters. The number of rotatable bonds is 3. The zero-order chi connectivity index (χ0) is 8.10. The van der Waals surface area contributed by atoms with Crippen LogP contribution < -0.4 is 5.32 Å². The highest BCUT2D eigenvalue weighted by molar-refractivity contribution is 6.31. The monoisotopic (exact) mass is 173 g/mol. The van der Waals surface area contributed by atoms with Crippen LogP contribution >= 0.6 is 11.6 Å². The van der Waals surface area contributed by atoms with E-state index >= 15 is 0 Å². The first kappa shape index (κ1) is 8.23. The molecular formula is C6H8ClN3O. The van der Waals surface area contributed by atoms with Gasteiger partial charge in [0.2, 0.25) is 0 Å². The van der Waals surface area contributed by atoms with Crippen molar-refractivity contribution in [3.8, 4) is 0 Å². The highest BCUT2D eigenvalue weighted by atomic mass is 35.5. The summed E-state index contributed by atoms with van der Waals surface area (Å²) in [6.45, 7) is 0.477. The molecule has 0 saturated heterocycles. The molecule has 1 rings (SSSR count). The van der Waals surface area contributed by atoms with Crippen molar-refractivity contribution >= 4 is 17.4 Å². The highest BCUT2D eigenvalue weighted by Crippen LogP contribution is 2.12. The predicted molar refractivity (Wildman–Crippen MR) is 42.6 cm³/mol. The molecule has 11 heavy (non-hydrogen) atoms. The van der Waals surface area contributed by atoms with E-state index in [0.717, 1.165) is 0 Å². The van der Waals surface area contributed by atoms with Crippen LogP contribution in [0.3, 0.4) is 0 Å². The van der Waals surface area contributed by atoms with Gasteiger partial charge in [-0.05, 0) is 0 Å². The molecule has 0 aliphatic carbocycles. The molecular weight excluding hydrogens is 166 g/mol. The summed E-state index contributed by atoms with van der Waals surface area (Å²) in [6.07, 6.45) is 3.04. The molecule has 0 spiro atoms. The van der Waals surface area contributed by atoms with Crippen molar-refractivity contribution in [1.29, 1.82) is 0 Å². The van der Waals surface area contributed by atoms with Crippen molar-refractivity contribution in [2.24, 2.45) is 0 Å². The largest absolute Gasteiger partial charge is 0.395 e. The smallest absolute Gasteiger partial charge is 0.171 e. The molecule has 0 aliphatic rings. The van der Waals surface area contributed by atoms with Crippen LogP contribution in [0.25, 0.3) is 0 Å². The Bertz CT molecular complexity index is 231. The average Bonchev–Trinajstić information content (AvgIpc) is 2.03. The van der Waals surface area contributed by atoms with Gasteiger partial charge in [0, 0.05) is 18.9 Å². The molecule has 0 saturated carbocycles. The van der Waals surface area contributed by atoms with E-state index in [0.29, 0.717) is 17.5 Å². The molecule has 0 bridgehead atoms. The van der Waals surface area contributed by atoms with E-state index in [1.54, 1.807) is 0 Å². The Kier molecular flexibility index (Phi) is 3.07. The maximum absolute atomic E-state index is 8.46. The molecule has 0 aliphatic heterocycles. The van der Waals surface area contributed by atoms with Gasteiger partial charge in [-0.1, -0.05) is 11.6 Å². The molecule has 1 aromatic heterocycles. The zero-order valence-electron chi connectivity index (χ0n) is 5.79.